The van der Waals surface area contributed by atoms with Crippen molar-refractivity contribution in [1.82, 2.24) is 9.55 Å². The molecule has 0 saturated carbocycles. The molecule has 3 aromatic rings. The molecule has 3 N–H and O–H groups in total. The van der Waals surface area contributed by atoms with Crippen LogP contribution in [0.5, 0.6) is 5.88 Å². The van der Waals surface area contributed by atoms with Crippen LogP contribution in [0.2, 0.25) is 10.0 Å². The molecule has 0 unspecified atom stereocenters. The molecule has 0 bridgehead atoms. The normalized spacial score (nSPS) is 11.8. The standard InChI is InChI=1S/C22H25Cl2N3O3/c1-12-15(10-25)19(14-6-5-13(23)9-16(14)24)20-17(26-12)11-27(21(20)29)8-7-18(28)30-22(2,3)4/h5-6,9,11,29H,7-8,10,25H2,1-4H3. The predicted octanol–water partition coefficient (Wildman–Crippen LogP) is 5.21. The zero-order valence-corrected chi connectivity index (χ0v) is 18.9. The second kappa shape index (κ2) is 8.46. The first-order valence-corrected chi connectivity index (χ1v) is 10.4. The Kier molecular flexibility index (Phi) is 6.32. The molecule has 30 heavy (non-hydrogen) atoms. The lowest BCUT2D eigenvalue weighted by Gasteiger charge is -2.19. The van der Waals surface area contributed by atoms with Crippen LogP contribution in [0.4, 0.5) is 0 Å². The van der Waals surface area contributed by atoms with Gasteiger partial charge in [0.1, 0.15) is 5.60 Å². The fourth-order valence-corrected chi connectivity index (χ4v) is 3.95. The summed E-state index contributed by atoms with van der Waals surface area (Å²) in [7, 11) is 0. The summed E-state index contributed by atoms with van der Waals surface area (Å²) in [6.07, 6.45) is 1.83. The first-order chi connectivity index (χ1) is 14.0. The van der Waals surface area contributed by atoms with Crippen LogP contribution < -0.4 is 5.73 Å². The van der Waals surface area contributed by atoms with E-state index in [9.17, 15) is 9.90 Å². The molecule has 0 atom stereocenters. The topological polar surface area (TPSA) is 90.4 Å². The summed E-state index contributed by atoms with van der Waals surface area (Å²) in [6.45, 7) is 7.79. The summed E-state index contributed by atoms with van der Waals surface area (Å²) in [6, 6.07) is 5.19. The van der Waals surface area contributed by atoms with Crippen molar-refractivity contribution >= 4 is 40.1 Å². The Labute approximate surface area is 185 Å². The fourth-order valence-electron chi connectivity index (χ4n) is 3.45. The molecule has 1 aromatic carbocycles. The van der Waals surface area contributed by atoms with Gasteiger partial charge in [-0.05, 0) is 45.4 Å². The van der Waals surface area contributed by atoms with Gasteiger partial charge in [0.05, 0.1) is 17.3 Å². The molecule has 0 radical (unpaired) electrons. The largest absolute Gasteiger partial charge is 0.494 e. The summed E-state index contributed by atoms with van der Waals surface area (Å²) in [5.41, 5.74) is 9.00. The number of fused-ring (bicyclic) bond motifs is 1. The molecule has 0 aliphatic carbocycles. The van der Waals surface area contributed by atoms with Gasteiger partial charge >= 0.3 is 5.97 Å². The molecule has 2 heterocycles. The molecule has 0 aliphatic heterocycles. The number of aromatic nitrogens is 2. The minimum Gasteiger partial charge on any atom is -0.494 e. The van der Waals surface area contributed by atoms with Gasteiger partial charge in [0, 0.05) is 46.2 Å². The van der Waals surface area contributed by atoms with E-state index in [1.165, 1.54) is 0 Å². The number of esters is 1. The third-order valence-electron chi connectivity index (χ3n) is 4.69. The molecule has 8 heteroatoms. The third kappa shape index (κ3) is 4.56. The maximum Gasteiger partial charge on any atom is 0.308 e. The van der Waals surface area contributed by atoms with Gasteiger partial charge in [-0.25, -0.2) is 0 Å². The van der Waals surface area contributed by atoms with Crippen molar-refractivity contribution in [2.24, 2.45) is 5.73 Å². The summed E-state index contributed by atoms with van der Waals surface area (Å²) in [5.74, 6) is -0.343. The van der Waals surface area contributed by atoms with Crippen molar-refractivity contribution in [3.05, 3.63) is 45.7 Å². The van der Waals surface area contributed by atoms with Crippen LogP contribution in [0.3, 0.4) is 0 Å². The van der Waals surface area contributed by atoms with Crippen LogP contribution in [0.15, 0.2) is 24.4 Å². The van der Waals surface area contributed by atoms with Crippen molar-refractivity contribution < 1.29 is 14.6 Å². The van der Waals surface area contributed by atoms with Crippen LogP contribution >= 0.6 is 23.2 Å². The van der Waals surface area contributed by atoms with Crippen LogP contribution in [-0.4, -0.2) is 26.2 Å². The molecule has 160 valence electrons. The highest BCUT2D eigenvalue weighted by atomic mass is 35.5. The van der Waals surface area contributed by atoms with Crippen LogP contribution in [0, 0.1) is 6.92 Å². The van der Waals surface area contributed by atoms with Gasteiger partial charge in [-0.2, -0.15) is 0 Å². The van der Waals surface area contributed by atoms with Gasteiger partial charge in [0.25, 0.3) is 0 Å². The van der Waals surface area contributed by atoms with E-state index in [2.05, 4.69) is 4.98 Å². The zero-order valence-electron chi connectivity index (χ0n) is 17.4. The number of aromatic hydroxyl groups is 1. The van der Waals surface area contributed by atoms with Crippen LogP contribution in [0.1, 0.15) is 38.4 Å². The lowest BCUT2D eigenvalue weighted by Crippen LogP contribution is -2.24. The highest BCUT2D eigenvalue weighted by Crippen LogP contribution is 2.42. The Morgan fingerprint density at radius 3 is 2.60 bits per heavy atom. The van der Waals surface area contributed by atoms with Crippen LogP contribution in [-0.2, 0) is 22.6 Å². The van der Waals surface area contributed by atoms with E-state index < -0.39 is 5.60 Å². The van der Waals surface area contributed by atoms with Gasteiger partial charge in [-0.15, -0.1) is 0 Å². The molecule has 6 nitrogen and oxygen atoms in total. The van der Waals surface area contributed by atoms with E-state index in [1.54, 1.807) is 29.0 Å². The molecule has 0 saturated heterocycles. The number of ether oxygens (including phenoxy) is 1. The second-order valence-corrected chi connectivity index (χ2v) is 8.97. The van der Waals surface area contributed by atoms with E-state index >= 15 is 0 Å². The smallest absolute Gasteiger partial charge is 0.308 e. The number of pyridine rings is 1. The number of hydrogen-bond donors (Lipinski definition) is 2. The Morgan fingerprint density at radius 2 is 2.00 bits per heavy atom. The number of nitrogens with two attached hydrogens (primary N) is 1. The number of carbonyl (C=O) groups excluding carboxylic acids is 1. The van der Waals surface area contributed by atoms with Crippen molar-refractivity contribution in [3.8, 4) is 17.0 Å². The van der Waals surface area contributed by atoms with Crippen molar-refractivity contribution in [1.29, 1.82) is 0 Å². The average Bonchev–Trinajstić information content (AvgIpc) is 2.93. The highest BCUT2D eigenvalue weighted by Gasteiger charge is 2.22. The molecule has 3 rings (SSSR count). The number of nitrogens with zero attached hydrogens (tertiary/aromatic N) is 2. The Bertz CT molecular complexity index is 1120. The number of benzene rings is 1. The van der Waals surface area contributed by atoms with Gasteiger partial charge in [-0.1, -0.05) is 29.3 Å². The molecule has 0 amide bonds. The van der Waals surface area contributed by atoms with Gasteiger partial charge in [-0.3, -0.25) is 9.78 Å². The fraction of sp³-hybridized carbons (Fsp3) is 0.364. The molecular weight excluding hydrogens is 425 g/mol. The Morgan fingerprint density at radius 1 is 1.30 bits per heavy atom. The van der Waals surface area contributed by atoms with Gasteiger partial charge in [0.15, 0.2) is 0 Å². The molecule has 0 aliphatic rings. The van der Waals surface area contributed by atoms with E-state index in [1.807, 2.05) is 27.7 Å². The van der Waals surface area contributed by atoms with E-state index in [4.69, 9.17) is 33.7 Å². The second-order valence-electron chi connectivity index (χ2n) is 8.12. The summed E-state index contributed by atoms with van der Waals surface area (Å²) in [4.78, 5) is 16.7. The number of hydrogen-bond acceptors (Lipinski definition) is 5. The molecular formula is C22H25Cl2N3O3. The number of halogens is 2. The minimum atomic E-state index is -0.562. The van der Waals surface area contributed by atoms with E-state index in [-0.39, 0.29) is 31.4 Å². The summed E-state index contributed by atoms with van der Waals surface area (Å²) in [5, 5.41) is 12.5. The maximum atomic E-state index is 12.1. The number of rotatable bonds is 5. The molecule has 2 aromatic heterocycles. The number of aryl methyl sites for hydroxylation is 2. The highest BCUT2D eigenvalue weighted by molar-refractivity contribution is 6.36. The van der Waals surface area contributed by atoms with Crippen LogP contribution in [0.25, 0.3) is 22.0 Å². The Balaban J connectivity index is 2.11. The Hall–Kier alpha value is -2.28. The van der Waals surface area contributed by atoms with E-state index in [0.29, 0.717) is 26.5 Å². The van der Waals surface area contributed by atoms with Crippen molar-refractivity contribution in [3.63, 3.8) is 0 Å². The summed E-state index contributed by atoms with van der Waals surface area (Å²) >= 11 is 12.5. The van der Waals surface area contributed by atoms with E-state index in [0.717, 1.165) is 16.8 Å². The predicted molar refractivity (Wildman–Crippen MR) is 120 cm³/mol. The quantitative estimate of drug-likeness (QED) is 0.521. The molecule has 0 fully saturated rings. The summed E-state index contributed by atoms with van der Waals surface area (Å²) < 4.78 is 6.94. The first-order valence-electron chi connectivity index (χ1n) is 9.60. The van der Waals surface area contributed by atoms with Crippen molar-refractivity contribution in [2.45, 2.75) is 52.8 Å². The van der Waals surface area contributed by atoms with Gasteiger partial charge < -0.3 is 20.1 Å². The van der Waals surface area contributed by atoms with Gasteiger partial charge in [0.2, 0.25) is 5.88 Å². The third-order valence-corrected chi connectivity index (χ3v) is 5.24. The monoisotopic (exact) mass is 449 g/mol. The zero-order chi connectivity index (χ0) is 22.2. The average molecular weight is 450 g/mol. The lowest BCUT2D eigenvalue weighted by molar-refractivity contribution is -0.155. The van der Waals surface area contributed by atoms with Crippen molar-refractivity contribution in [2.75, 3.05) is 0 Å². The maximum absolute atomic E-state index is 12.1. The molecule has 0 spiro atoms. The first kappa shape index (κ1) is 22.4. The SMILES string of the molecule is Cc1nc2cn(CCC(=O)OC(C)(C)C)c(O)c2c(-c2ccc(Cl)cc2Cl)c1CN. The number of carbonyl (C=O) groups is 1. The minimum absolute atomic E-state index is 0.00299. The lowest BCUT2D eigenvalue weighted by atomic mass is 9.95.